The van der Waals surface area contributed by atoms with Gasteiger partial charge in [-0.3, -0.25) is 4.79 Å². The summed E-state index contributed by atoms with van der Waals surface area (Å²) in [5.41, 5.74) is 1.72. The van der Waals surface area contributed by atoms with Gasteiger partial charge in [0, 0.05) is 4.88 Å². The first kappa shape index (κ1) is 11.9. The lowest BCUT2D eigenvalue weighted by Crippen LogP contribution is -2.01. The van der Waals surface area contributed by atoms with Crippen molar-refractivity contribution in [3.8, 4) is 5.75 Å². The summed E-state index contributed by atoms with van der Waals surface area (Å²) in [6, 6.07) is 9.69. The van der Waals surface area contributed by atoms with Crippen LogP contribution >= 0.6 is 11.3 Å². The van der Waals surface area contributed by atoms with Crippen molar-refractivity contribution in [3.63, 3.8) is 0 Å². The van der Waals surface area contributed by atoms with Crippen LogP contribution in [0.15, 0.2) is 35.7 Å². The van der Waals surface area contributed by atoms with Crippen molar-refractivity contribution in [1.29, 1.82) is 0 Å². The largest absolute Gasteiger partial charge is 0.487 e. The number of benzene rings is 1. The van der Waals surface area contributed by atoms with Crippen LogP contribution in [0.2, 0.25) is 0 Å². The predicted molar refractivity (Wildman–Crippen MR) is 69.8 cm³/mol. The summed E-state index contributed by atoms with van der Waals surface area (Å²) in [7, 11) is 0. The lowest BCUT2D eigenvalue weighted by molar-refractivity contribution is 0.101. The van der Waals surface area contributed by atoms with Gasteiger partial charge in [-0.2, -0.15) is 0 Å². The van der Waals surface area contributed by atoms with Gasteiger partial charge in [-0.25, -0.2) is 0 Å². The van der Waals surface area contributed by atoms with Crippen molar-refractivity contribution in [2.75, 3.05) is 0 Å². The van der Waals surface area contributed by atoms with Gasteiger partial charge in [-0.05, 0) is 37.4 Å². The summed E-state index contributed by atoms with van der Waals surface area (Å²) < 4.78 is 5.69. The maximum atomic E-state index is 11.5. The molecule has 0 aliphatic heterocycles. The SMILES string of the molecule is CC(=O)c1cc(C)ccc1OCc1cccs1. The van der Waals surface area contributed by atoms with Crippen molar-refractivity contribution < 1.29 is 9.53 Å². The monoisotopic (exact) mass is 246 g/mol. The van der Waals surface area contributed by atoms with Crippen molar-refractivity contribution in [2.24, 2.45) is 0 Å². The molecule has 2 nitrogen and oxygen atoms in total. The van der Waals surface area contributed by atoms with Gasteiger partial charge in [0.15, 0.2) is 5.78 Å². The first-order valence-corrected chi connectivity index (χ1v) is 6.31. The topological polar surface area (TPSA) is 26.3 Å². The summed E-state index contributed by atoms with van der Waals surface area (Å²) >= 11 is 1.65. The number of ketones is 1. The van der Waals surface area contributed by atoms with E-state index in [0.717, 1.165) is 10.4 Å². The molecule has 0 saturated carbocycles. The fourth-order valence-corrected chi connectivity index (χ4v) is 2.20. The molecule has 88 valence electrons. The van der Waals surface area contributed by atoms with Crippen LogP contribution < -0.4 is 4.74 Å². The minimum atomic E-state index is 0.0369. The molecule has 0 amide bonds. The van der Waals surface area contributed by atoms with Gasteiger partial charge < -0.3 is 4.74 Å². The maximum absolute atomic E-state index is 11.5. The predicted octanol–water partition coefficient (Wildman–Crippen LogP) is 3.84. The van der Waals surface area contributed by atoms with E-state index in [9.17, 15) is 4.79 Å². The van der Waals surface area contributed by atoms with Crippen molar-refractivity contribution in [1.82, 2.24) is 0 Å². The summed E-state index contributed by atoms with van der Waals surface area (Å²) in [5, 5.41) is 2.01. The quantitative estimate of drug-likeness (QED) is 0.766. The van der Waals surface area contributed by atoms with Crippen LogP contribution in [0, 0.1) is 6.92 Å². The molecule has 2 aromatic rings. The van der Waals surface area contributed by atoms with Crippen molar-refractivity contribution in [3.05, 3.63) is 51.7 Å². The van der Waals surface area contributed by atoms with Gasteiger partial charge >= 0.3 is 0 Å². The third-order valence-electron chi connectivity index (χ3n) is 2.46. The Labute approximate surface area is 105 Å². The fourth-order valence-electron chi connectivity index (χ4n) is 1.59. The number of rotatable bonds is 4. The lowest BCUT2D eigenvalue weighted by Gasteiger charge is -2.09. The maximum Gasteiger partial charge on any atom is 0.163 e. The molecule has 0 fully saturated rings. The van der Waals surface area contributed by atoms with Crippen LogP contribution in [0.5, 0.6) is 5.75 Å². The third kappa shape index (κ3) is 2.94. The Balaban J connectivity index is 2.17. The summed E-state index contributed by atoms with van der Waals surface area (Å²) in [6.07, 6.45) is 0. The number of aryl methyl sites for hydroxylation is 1. The van der Waals surface area contributed by atoms with Crippen LogP contribution in [-0.2, 0) is 6.61 Å². The van der Waals surface area contributed by atoms with E-state index in [-0.39, 0.29) is 5.78 Å². The summed E-state index contributed by atoms with van der Waals surface area (Å²) in [5.74, 6) is 0.700. The number of hydrogen-bond acceptors (Lipinski definition) is 3. The molecule has 1 heterocycles. The lowest BCUT2D eigenvalue weighted by atomic mass is 10.1. The molecule has 0 aliphatic carbocycles. The zero-order valence-corrected chi connectivity index (χ0v) is 10.7. The zero-order valence-electron chi connectivity index (χ0n) is 9.90. The fraction of sp³-hybridized carbons (Fsp3) is 0.214. The molecule has 0 atom stereocenters. The van der Waals surface area contributed by atoms with Crippen LogP contribution in [0.4, 0.5) is 0 Å². The molecular formula is C14H14O2S. The van der Waals surface area contributed by atoms with Crippen LogP contribution in [-0.4, -0.2) is 5.78 Å². The smallest absolute Gasteiger partial charge is 0.163 e. The van der Waals surface area contributed by atoms with Gasteiger partial charge in [0.2, 0.25) is 0 Å². The molecule has 0 radical (unpaired) electrons. The zero-order chi connectivity index (χ0) is 12.3. The van der Waals surface area contributed by atoms with Crippen molar-refractivity contribution >= 4 is 17.1 Å². The molecule has 0 unspecified atom stereocenters. The highest BCUT2D eigenvalue weighted by Crippen LogP contribution is 2.22. The van der Waals surface area contributed by atoms with Crippen LogP contribution in [0.1, 0.15) is 27.7 Å². The first-order valence-electron chi connectivity index (χ1n) is 5.43. The number of carbonyl (C=O) groups excluding carboxylic acids is 1. The van der Waals surface area contributed by atoms with Gasteiger partial charge in [0.25, 0.3) is 0 Å². The normalized spacial score (nSPS) is 10.2. The number of thiophene rings is 1. The molecule has 0 spiro atoms. The Morgan fingerprint density at radius 2 is 2.18 bits per heavy atom. The molecule has 17 heavy (non-hydrogen) atoms. The van der Waals surface area contributed by atoms with E-state index in [0.29, 0.717) is 17.9 Å². The standard InChI is InChI=1S/C14H14O2S/c1-10-5-6-14(13(8-10)11(2)15)16-9-12-4-3-7-17-12/h3-8H,9H2,1-2H3. The van der Waals surface area contributed by atoms with Gasteiger partial charge in [0.1, 0.15) is 12.4 Å². The average molecular weight is 246 g/mol. The van der Waals surface area contributed by atoms with Gasteiger partial charge in [0.05, 0.1) is 5.56 Å². The Hall–Kier alpha value is -1.61. The Kier molecular flexibility index (Phi) is 3.59. The molecular weight excluding hydrogens is 232 g/mol. The van der Waals surface area contributed by atoms with E-state index < -0.39 is 0 Å². The van der Waals surface area contributed by atoms with E-state index in [1.165, 1.54) is 0 Å². The first-order chi connectivity index (χ1) is 8.16. The highest BCUT2D eigenvalue weighted by Gasteiger charge is 2.08. The minimum absolute atomic E-state index is 0.0369. The Bertz CT molecular complexity index is 515. The van der Waals surface area contributed by atoms with Crippen LogP contribution in [0.25, 0.3) is 0 Å². The molecule has 0 bridgehead atoms. The summed E-state index contributed by atoms with van der Waals surface area (Å²) in [6.45, 7) is 4.04. The summed E-state index contributed by atoms with van der Waals surface area (Å²) in [4.78, 5) is 12.7. The number of Topliss-reactive ketones (excluding diaryl/α,β-unsaturated/α-hetero) is 1. The minimum Gasteiger partial charge on any atom is -0.487 e. The second-order valence-corrected chi connectivity index (χ2v) is 4.96. The van der Waals surface area contributed by atoms with E-state index in [1.807, 2.05) is 42.6 Å². The number of hydrogen-bond donors (Lipinski definition) is 0. The van der Waals surface area contributed by atoms with Crippen molar-refractivity contribution in [2.45, 2.75) is 20.5 Å². The van der Waals surface area contributed by atoms with E-state index in [4.69, 9.17) is 4.74 Å². The third-order valence-corrected chi connectivity index (χ3v) is 3.31. The van der Waals surface area contributed by atoms with Crippen LogP contribution in [0.3, 0.4) is 0 Å². The Morgan fingerprint density at radius 1 is 1.35 bits per heavy atom. The van der Waals surface area contributed by atoms with E-state index in [1.54, 1.807) is 18.3 Å². The molecule has 3 heteroatoms. The highest BCUT2D eigenvalue weighted by atomic mass is 32.1. The average Bonchev–Trinajstić information content (AvgIpc) is 2.80. The molecule has 0 saturated heterocycles. The molecule has 1 aromatic heterocycles. The number of ether oxygens (including phenoxy) is 1. The molecule has 0 aliphatic rings. The van der Waals surface area contributed by atoms with Gasteiger partial charge in [-0.15, -0.1) is 11.3 Å². The van der Waals surface area contributed by atoms with E-state index in [2.05, 4.69) is 0 Å². The highest BCUT2D eigenvalue weighted by molar-refractivity contribution is 7.09. The number of carbonyl (C=O) groups is 1. The Morgan fingerprint density at radius 3 is 2.82 bits per heavy atom. The van der Waals surface area contributed by atoms with Gasteiger partial charge in [-0.1, -0.05) is 17.7 Å². The second-order valence-electron chi connectivity index (χ2n) is 3.92. The molecule has 2 rings (SSSR count). The molecule has 1 aromatic carbocycles. The van der Waals surface area contributed by atoms with E-state index >= 15 is 0 Å². The second kappa shape index (κ2) is 5.15. The molecule has 0 N–H and O–H groups in total.